The number of rotatable bonds is 5. The number of urea groups is 1. The first-order valence-electron chi connectivity index (χ1n) is 10.2. The summed E-state index contributed by atoms with van der Waals surface area (Å²) in [5, 5.41) is 3.24. The molecule has 0 aliphatic carbocycles. The second-order valence-electron chi connectivity index (χ2n) is 7.87. The van der Waals surface area contributed by atoms with Crippen molar-refractivity contribution in [2.75, 3.05) is 39.3 Å². The minimum absolute atomic E-state index is 0.0863. The van der Waals surface area contributed by atoms with Crippen molar-refractivity contribution in [1.82, 2.24) is 29.6 Å². The summed E-state index contributed by atoms with van der Waals surface area (Å²) in [7, 11) is 2.02. The lowest BCUT2D eigenvalue weighted by Gasteiger charge is -2.35. The van der Waals surface area contributed by atoms with E-state index in [-0.39, 0.29) is 12.1 Å². The number of piperazine rings is 1. The molecule has 2 aliphatic rings. The Morgan fingerprint density at radius 3 is 2.57 bits per heavy atom. The minimum atomic E-state index is 0.0863. The summed E-state index contributed by atoms with van der Waals surface area (Å²) >= 11 is 0. The SMILES string of the molecule is Cn1ccnc1CN1CCN(C(=O)N[C@H]2CCN(Cc3ccccc3)C2)CC1. The zero-order valence-electron chi connectivity index (χ0n) is 16.6. The van der Waals surface area contributed by atoms with Gasteiger partial charge in [-0.1, -0.05) is 30.3 Å². The van der Waals surface area contributed by atoms with E-state index in [4.69, 9.17) is 0 Å². The van der Waals surface area contributed by atoms with Gasteiger partial charge in [0, 0.05) is 71.3 Å². The number of nitrogens with one attached hydrogen (secondary N) is 1. The molecule has 0 unspecified atom stereocenters. The Kier molecular flexibility index (Phi) is 5.92. The Morgan fingerprint density at radius 1 is 1.07 bits per heavy atom. The van der Waals surface area contributed by atoms with Crippen LogP contribution in [0.3, 0.4) is 0 Å². The highest BCUT2D eigenvalue weighted by molar-refractivity contribution is 5.74. The monoisotopic (exact) mass is 382 g/mol. The number of aromatic nitrogens is 2. The minimum Gasteiger partial charge on any atom is -0.337 e. The summed E-state index contributed by atoms with van der Waals surface area (Å²) in [4.78, 5) is 23.8. The maximum atomic E-state index is 12.7. The van der Waals surface area contributed by atoms with Gasteiger partial charge in [0.1, 0.15) is 5.82 Å². The molecule has 7 nitrogen and oxygen atoms in total. The van der Waals surface area contributed by atoms with Crippen molar-refractivity contribution in [3.05, 3.63) is 54.1 Å². The molecular weight excluding hydrogens is 352 g/mol. The lowest BCUT2D eigenvalue weighted by molar-refractivity contribution is 0.131. The second kappa shape index (κ2) is 8.75. The molecule has 2 amide bonds. The lowest BCUT2D eigenvalue weighted by atomic mass is 10.2. The van der Waals surface area contributed by atoms with E-state index in [9.17, 15) is 4.79 Å². The molecule has 2 aromatic rings. The quantitative estimate of drug-likeness (QED) is 0.852. The molecule has 2 saturated heterocycles. The van der Waals surface area contributed by atoms with Crippen LogP contribution in [0, 0.1) is 0 Å². The molecule has 0 radical (unpaired) electrons. The molecule has 0 spiro atoms. The molecule has 1 N–H and O–H groups in total. The maximum Gasteiger partial charge on any atom is 0.317 e. The van der Waals surface area contributed by atoms with Gasteiger partial charge in [0.05, 0.1) is 6.54 Å². The van der Waals surface area contributed by atoms with Crippen molar-refractivity contribution in [3.63, 3.8) is 0 Å². The molecule has 28 heavy (non-hydrogen) atoms. The topological polar surface area (TPSA) is 56.6 Å². The Labute approximate surface area is 166 Å². The van der Waals surface area contributed by atoms with Crippen LogP contribution in [0.5, 0.6) is 0 Å². The van der Waals surface area contributed by atoms with Gasteiger partial charge in [0.15, 0.2) is 0 Å². The zero-order chi connectivity index (χ0) is 19.3. The molecule has 3 heterocycles. The third kappa shape index (κ3) is 4.72. The Morgan fingerprint density at radius 2 is 1.86 bits per heavy atom. The van der Waals surface area contributed by atoms with Crippen LogP contribution >= 0.6 is 0 Å². The smallest absolute Gasteiger partial charge is 0.317 e. The van der Waals surface area contributed by atoms with Crippen LogP contribution in [0.2, 0.25) is 0 Å². The third-order valence-corrected chi connectivity index (χ3v) is 5.79. The van der Waals surface area contributed by atoms with E-state index < -0.39 is 0 Å². The van der Waals surface area contributed by atoms with E-state index in [1.807, 2.05) is 30.4 Å². The molecule has 1 aromatic heterocycles. The van der Waals surface area contributed by atoms with Crippen molar-refractivity contribution >= 4 is 6.03 Å². The van der Waals surface area contributed by atoms with Crippen LogP contribution in [0.1, 0.15) is 17.8 Å². The normalized spacial score (nSPS) is 21.2. The van der Waals surface area contributed by atoms with Crippen molar-refractivity contribution in [2.45, 2.75) is 25.6 Å². The number of hydrogen-bond donors (Lipinski definition) is 1. The predicted molar refractivity (Wildman–Crippen MR) is 109 cm³/mol. The summed E-state index contributed by atoms with van der Waals surface area (Å²) in [6, 6.07) is 10.9. The van der Waals surface area contributed by atoms with Crippen LogP contribution in [0.15, 0.2) is 42.7 Å². The number of hydrogen-bond acceptors (Lipinski definition) is 4. The van der Waals surface area contributed by atoms with Crippen LogP contribution < -0.4 is 5.32 Å². The Bertz CT molecular complexity index is 768. The Hall–Kier alpha value is -2.38. The zero-order valence-corrected chi connectivity index (χ0v) is 16.6. The van der Waals surface area contributed by atoms with Crippen LogP contribution in [0.25, 0.3) is 0 Å². The molecule has 2 aliphatic heterocycles. The maximum absolute atomic E-state index is 12.7. The van der Waals surface area contributed by atoms with E-state index in [0.29, 0.717) is 0 Å². The molecule has 150 valence electrons. The average molecular weight is 383 g/mol. The van der Waals surface area contributed by atoms with Gasteiger partial charge in [-0.15, -0.1) is 0 Å². The third-order valence-electron chi connectivity index (χ3n) is 5.79. The van der Waals surface area contributed by atoms with Crippen LogP contribution in [-0.2, 0) is 20.1 Å². The number of imidazole rings is 1. The first-order chi connectivity index (χ1) is 13.7. The molecule has 0 saturated carbocycles. The van der Waals surface area contributed by atoms with Crippen molar-refractivity contribution < 1.29 is 4.79 Å². The molecule has 4 rings (SSSR count). The molecular formula is C21H30N6O. The van der Waals surface area contributed by atoms with Crippen molar-refractivity contribution in [2.24, 2.45) is 7.05 Å². The first kappa shape index (κ1) is 19.0. The van der Waals surface area contributed by atoms with E-state index in [0.717, 1.165) is 64.6 Å². The number of amides is 2. The van der Waals surface area contributed by atoms with Gasteiger partial charge >= 0.3 is 6.03 Å². The number of nitrogens with zero attached hydrogens (tertiary/aromatic N) is 5. The summed E-state index contributed by atoms with van der Waals surface area (Å²) in [6.07, 6.45) is 4.83. The fourth-order valence-corrected chi connectivity index (χ4v) is 4.06. The Balaban J connectivity index is 1.19. The van der Waals surface area contributed by atoms with Gasteiger partial charge in [0.25, 0.3) is 0 Å². The highest BCUT2D eigenvalue weighted by atomic mass is 16.2. The van der Waals surface area contributed by atoms with E-state index in [1.165, 1.54) is 5.56 Å². The highest BCUT2D eigenvalue weighted by Crippen LogP contribution is 2.14. The van der Waals surface area contributed by atoms with E-state index >= 15 is 0 Å². The molecule has 0 bridgehead atoms. The number of benzene rings is 1. The van der Waals surface area contributed by atoms with Gasteiger partial charge in [-0.2, -0.15) is 0 Å². The molecule has 1 atom stereocenters. The molecule has 2 fully saturated rings. The van der Waals surface area contributed by atoms with Gasteiger partial charge in [-0.05, 0) is 12.0 Å². The fourth-order valence-electron chi connectivity index (χ4n) is 4.06. The standard InChI is InChI=1S/C21H30N6O/c1-24-10-8-22-20(24)17-25-11-13-27(14-12-25)21(28)23-19-7-9-26(16-19)15-18-5-3-2-4-6-18/h2-6,8,10,19H,7,9,11-17H2,1H3,(H,23,28)/t19-/m0/s1. The number of aryl methyl sites for hydroxylation is 1. The number of carbonyl (C=O) groups excluding carboxylic acids is 1. The van der Waals surface area contributed by atoms with Gasteiger partial charge in [-0.3, -0.25) is 9.80 Å². The number of likely N-dealkylation sites (tertiary alicyclic amines) is 1. The van der Waals surface area contributed by atoms with Crippen molar-refractivity contribution in [1.29, 1.82) is 0 Å². The van der Waals surface area contributed by atoms with E-state index in [1.54, 1.807) is 0 Å². The summed E-state index contributed by atoms with van der Waals surface area (Å²) in [5.74, 6) is 1.07. The predicted octanol–water partition coefficient (Wildman–Crippen LogP) is 1.52. The highest BCUT2D eigenvalue weighted by Gasteiger charge is 2.27. The first-order valence-corrected chi connectivity index (χ1v) is 10.2. The van der Waals surface area contributed by atoms with E-state index in [2.05, 4.69) is 48.9 Å². The van der Waals surface area contributed by atoms with Gasteiger partial charge in [-0.25, -0.2) is 9.78 Å². The molecule has 7 heteroatoms. The fraction of sp³-hybridized carbons (Fsp3) is 0.524. The summed E-state index contributed by atoms with van der Waals surface area (Å²) in [5.41, 5.74) is 1.33. The van der Waals surface area contributed by atoms with Crippen LogP contribution in [-0.4, -0.2) is 75.6 Å². The summed E-state index contributed by atoms with van der Waals surface area (Å²) < 4.78 is 2.06. The average Bonchev–Trinajstić information content (AvgIpc) is 3.32. The van der Waals surface area contributed by atoms with Crippen LogP contribution in [0.4, 0.5) is 4.79 Å². The second-order valence-corrected chi connectivity index (χ2v) is 7.87. The summed E-state index contributed by atoms with van der Waals surface area (Å²) in [6.45, 7) is 7.11. The lowest BCUT2D eigenvalue weighted by Crippen LogP contribution is -2.53. The van der Waals surface area contributed by atoms with Gasteiger partial charge in [0.2, 0.25) is 0 Å². The largest absolute Gasteiger partial charge is 0.337 e. The van der Waals surface area contributed by atoms with Gasteiger partial charge < -0.3 is 14.8 Å². The van der Waals surface area contributed by atoms with Crippen molar-refractivity contribution in [3.8, 4) is 0 Å². The number of carbonyl (C=O) groups is 1. The molecule has 1 aromatic carbocycles.